The Kier molecular flexibility index (Phi) is 6.24. The van der Waals surface area contributed by atoms with Crippen LogP contribution in [0.15, 0.2) is 35.1 Å². The van der Waals surface area contributed by atoms with E-state index in [-0.39, 0.29) is 23.0 Å². The Balaban J connectivity index is 1.65. The van der Waals surface area contributed by atoms with Crippen LogP contribution in [0.5, 0.6) is 11.5 Å². The Morgan fingerprint density at radius 3 is 2.56 bits per heavy atom. The number of alkyl halides is 3. The lowest BCUT2D eigenvalue weighted by atomic mass is 9.93. The van der Waals surface area contributed by atoms with Crippen molar-refractivity contribution in [2.45, 2.75) is 31.9 Å². The van der Waals surface area contributed by atoms with Gasteiger partial charge in [0.15, 0.2) is 11.5 Å². The highest BCUT2D eigenvalue weighted by molar-refractivity contribution is 5.95. The second-order valence-electron chi connectivity index (χ2n) is 8.28. The summed E-state index contributed by atoms with van der Waals surface area (Å²) in [4.78, 5) is 34.3. The molecule has 1 aliphatic heterocycles. The number of likely N-dealkylation sites (tertiary alicyclic amines) is 1. The van der Waals surface area contributed by atoms with E-state index in [0.29, 0.717) is 48.7 Å². The maximum Gasteiger partial charge on any atom is 0.417 e. The number of H-pyrrole nitrogens is 1. The van der Waals surface area contributed by atoms with Gasteiger partial charge in [-0.05, 0) is 50.1 Å². The molecule has 0 spiro atoms. The molecule has 1 atom stereocenters. The highest BCUT2D eigenvalue weighted by atomic mass is 19.4. The van der Waals surface area contributed by atoms with Crippen LogP contribution in [-0.4, -0.2) is 48.1 Å². The number of rotatable bonds is 4. The number of pyridine rings is 2. The fourth-order valence-electron chi connectivity index (χ4n) is 4.43. The van der Waals surface area contributed by atoms with Crippen molar-refractivity contribution in [3.63, 3.8) is 0 Å². The number of amides is 1. The van der Waals surface area contributed by atoms with Crippen molar-refractivity contribution in [3.8, 4) is 11.5 Å². The third-order valence-electron chi connectivity index (χ3n) is 6.04. The van der Waals surface area contributed by atoms with E-state index < -0.39 is 22.7 Å². The standard InChI is InChI=1S/C24H24F3N3O4/c1-13-9-16(24(25,26)27)21-18(28-13)11-17(29-22(21)31)15-5-4-8-30(12-15)23(32)14-6-7-19(33-2)20(10-14)34-3/h6-7,9-11,15H,4-5,8,12H2,1-3H3,(H,29,31). The van der Waals surface area contributed by atoms with Gasteiger partial charge in [0.05, 0.1) is 30.7 Å². The lowest BCUT2D eigenvalue weighted by molar-refractivity contribution is -0.136. The van der Waals surface area contributed by atoms with Gasteiger partial charge < -0.3 is 19.4 Å². The van der Waals surface area contributed by atoms with E-state index >= 15 is 0 Å². The SMILES string of the molecule is COc1ccc(C(=O)N2CCCC(c3cc4nc(C)cc(C(F)(F)F)c4c(=O)[nH]3)C2)cc1OC. The monoisotopic (exact) mass is 475 g/mol. The number of aryl methyl sites for hydroxylation is 1. The molecule has 2 aromatic heterocycles. The van der Waals surface area contributed by atoms with Gasteiger partial charge in [-0.2, -0.15) is 13.2 Å². The molecule has 1 aromatic carbocycles. The van der Waals surface area contributed by atoms with Gasteiger partial charge >= 0.3 is 6.18 Å². The van der Waals surface area contributed by atoms with Crippen molar-refractivity contribution in [1.29, 1.82) is 0 Å². The number of halogens is 3. The number of carbonyl (C=O) groups excluding carboxylic acids is 1. The third-order valence-corrected chi connectivity index (χ3v) is 6.04. The fourth-order valence-corrected chi connectivity index (χ4v) is 4.43. The molecule has 1 aliphatic rings. The Hall–Kier alpha value is -3.56. The summed E-state index contributed by atoms with van der Waals surface area (Å²) in [5, 5.41) is -0.476. The molecule has 3 aromatic rings. The first kappa shape index (κ1) is 23.6. The zero-order valence-corrected chi connectivity index (χ0v) is 19.0. The number of aromatic nitrogens is 2. The molecule has 1 saturated heterocycles. The zero-order chi connectivity index (χ0) is 24.6. The minimum absolute atomic E-state index is 0.00517. The van der Waals surface area contributed by atoms with Gasteiger partial charge in [0.2, 0.25) is 0 Å². The number of nitrogens with zero attached hydrogens (tertiary/aromatic N) is 2. The van der Waals surface area contributed by atoms with Gasteiger partial charge in [-0.1, -0.05) is 0 Å². The zero-order valence-electron chi connectivity index (χ0n) is 19.0. The van der Waals surface area contributed by atoms with Crippen molar-refractivity contribution < 1.29 is 27.4 Å². The van der Waals surface area contributed by atoms with Gasteiger partial charge in [0.25, 0.3) is 11.5 Å². The van der Waals surface area contributed by atoms with Crippen LogP contribution in [0, 0.1) is 6.92 Å². The molecule has 0 bridgehead atoms. The molecule has 1 N–H and O–H groups in total. The van der Waals surface area contributed by atoms with Crippen LogP contribution in [0.2, 0.25) is 0 Å². The average Bonchev–Trinajstić information content (AvgIpc) is 2.81. The predicted octanol–water partition coefficient (Wildman–Crippen LogP) is 4.29. The van der Waals surface area contributed by atoms with Crippen LogP contribution in [0.1, 0.15) is 46.1 Å². The summed E-state index contributed by atoms with van der Waals surface area (Å²) in [7, 11) is 2.99. The van der Waals surface area contributed by atoms with Crippen LogP contribution >= 0.6 is 0 Å². The molecule has 3 heterocycles. The molecule has 4 rings (SSSR count). The Labute approximate surface area is 193 Å². The summed E-state index contributed by atoms with van der Waals surface area (Å²) in [6, 6.07) is 7.28. The molecule has 1 fully saturated rings. The molecule has 0 saturated carbocycles. The number of hydrogen-bond acceptors (Lipinski definition) is 5. The summed E-state index contributed by atoms with van der Waals surface area (Å²) >= 11 is 0. The molecule has 180 valence electrons. The fraction of sp³-hybridized carbons (Fsp3) is 0.375. The van der Waals surface area contributed by atoms with Gasteiger partial charge in [-0.3, -0.25) is 14.6 Å². The first-order valence-corrected chi connectivity index (χ1v) is 10.8. The molecular formula is C24H24F3N3O4. The quantitative estimate of drug-likeness (QED) is 0.609. The van der Waals surface area contributed by atoms with Crippen LogP contribution in [0.25, 0.3) is 10.9 Å². The highest BCUT2D eigenvalue weighted by Gasteiger charge is 2.35. The number of fused-ring (bicyclic) bond motifs is 1. The second kappa shape index (κ2) is 9.00. The second-order valence-corrected chi connectivity index (χ2v) is 8.28. The summed E-state index contributed by atoms with van der Waals surface area (Å²) in [5.74, 6) is 0.488. The third kappa shape index (κ3) is 4.44. The first-order chi connectivity index (χ1) is 16.1. The lowest BCUT2D eigenvalue weighted by Gasteiger charge is -2.33. The molecule has 7 nitrogen and oxygen atoms in total. The van der Waals surface area contributed by atoms with Gasteiger partial charge in [0, 0.05) is 36.0 Å². The number of aromatic amines is 1. The Morgan fingerprint density at radius 2 is 1.88 bits per heavy atom. The maximum atomic E-state index is 13.5. The van der Waals surface area contributed by atoms with Crippen LogP contribution in [0.4, 0.5) is 13.2 Å². The van der Waals surface area contributed by atoms with E-state index in [1.54, 1.807) is 23.1 Å². The Morgan fingerprint density at radius 1 is 1.15 bits per heavy atom. The summed E-state index contributed by atoms with van der Waals surface area (Å²) in [6.07, 6.45) is -3.32. The number of hydrogen-bond donors (Lipinski definition) is 1. The highest BCUT2D eigenvalue weighted by Crippen LogP contribution is 2.35. The number of ether oxygens (including phenoxy) is 2. The summed E-state index contributed by atoms with van der Waals surface area (Å²) in [6.45, 7) is 2.29. The number of methoxy groups -OCH3 is 2. The van der Waals surface area contributed by atoms with Crippen molar-refractivity contribution in [2.24, 2.45) is 0 Å². The number of benzene rings is 1. The molecule has 0 radical (unpaired) electrons. The smallest absolute Gasteiger partial charge is 0.417 e. The van der Waals surface area contributed by atoms with Crippen molar-refractivity contribution in [1.82, 2.24) is 14.9 Å². The minimum Gasteiger partial charge on any atom is -0.493 e. The largest absolute Gasteiger partial charge is 0.493 e. The molecule has 10 heteroatoms. The number of nitrogens with one attached hydrogen (secondary N) is 1. The normalized spacial score (nSPS) is 16.5. The molecule has 0 aliphatic carbocycles. The van der Waals surface area contributed by atoms with E-state index in [1.807, 2.05) is 0 Å². The van der Waals surface area contributed by atoms with E-state index in [4.69, 9.17) is 9.47 Å². The molecule has 1 amide bonds. The van der Waals surface area contributed by atoms with Gasteiger partial charge in [0.1, 0.15) is 0 Å². The van der Waals surface area contributed by atoms with Gasteiger partial charge in [-0.25, -0.2) is 0 Å². The minimum atomic E-state index is -4.67. The first-order valence-electron chi connectivity index (χ1n) is 10.8. The van der Waals surface area contributed by atoms with Gasteiger partial charge in [-0.15, -0.1) is 0 Å². The summed E-state index contributed by atoms with van der Waals surface area (Å²) in [5.41, 5.74) is -0.780. The molecule has 1 unspecified atom stereocenters. The molecular weight excluding hydrogens is 451 g/mol. The van der Waals surface area contributed by atoms with E-state index in [9.17, 15) is 22.8 Å². The predicted molar refractivity (Wildman–Crippen MR) is 120 cm³/mol. The van der Waals surface area contributed by atoms with E-state index in [0.717, 1.165) is 6.07 Å². The Bertz CT molecular complexity index is 1300. The van der Waals surface area contributed by atoms with Crippen molar-refractivity contribution in [3.05, 3.63) is 63.2 Å². The summed E-state index contributed by atoms with van der Waals surface area (Å²) < 4.78 is 51.0. The van der Waals surface area contributed by atoms with Crippen LogP contribution in [0.3, 0.4) is 0 Å². The number of piperidine rings is 1. The maximum absolute atomic E-state index is 13.5. The van der Waals surface area contributed by atoms with Crippen molar-refractivity contribution >= 4 is 16.8 Å². The van der Waals surface area contributed by atoms with Crippen molar-refractivity contribution in [2.75, 3.05) is 27.3 Å². The average molecular weight is 475 g/mol. The van der Waals surface area contributed by atoms with E-state index in [1.165, 1.54) is 27.2 Å². The lowest BCUT2D eigenvalue weighted by Crippen LogP contribution is -2.39. The van der Waals surface area contributed by atoms with E-state index in [2.05, 4.69) is 9.97 Å². The van der Waals surface area contributed by atoms with Crippen LogP contribution < -0.4 is 15.0 Å². The molecule has 34 heavy (non-hydrogen) atoms. The van der Waals surface area contributed by atoms with Crippen LogP contribution in [-0.2, 0) is 6.18 Å². The topological polar surface area (TPSA) is 84.5 Å². The number of carbonyl (C=O) groups is 1.